The summed E-state index contributed by atoms with van der Waals surface area (Å²) in [4.78, 5) is 4.63. The van der Waals surface area contributed by atoms with Crippen molar-refractivity contribution in [3.05, 3.63) is 23.4 Å². The molecule has 0 aliphatic heterocycles. The number of aromatic nitrogens is 1. The first-order valence-corrected chi connectivity index (χ1v) is 6.13. The van der Waals surface area contributed by atoms with E-state index in [4.69, 9.17) is 0 Å². The molecule has 0 aromatic carbocycles. The molecule has 1 rings (SSSR count). The molecule has 2 N–H and O–H groups in total. The van der Waals surface area contributed by atoms with Crippen LogP contribution in [0.1, 0.15) is 31.0 Å². The van der Waals surface area contributed by atoms with Crippen LogP contribution in [0.25, 0.3) is 0 Å². The summed E-state index contributed by atoms with van der Waals surface area (Å²) in [6.07, 6.45) is 4.51. The predicted molar refractivity (Wildman–Crippen MR) is 70.0 cm³/mol. The van der Waals surface area contributed by atoms with Crippen molar-refractivity contribution >= 4 is 5.82 Å². The molecule has 0 saturated carbocycles. The molecular formula is C13H23N3. The van der Waals surface area contributed by atoms with Crippen molar-refractivity contribution in [2.24, 2.45) is 0 Å². The highest BCUT2D eigenvalue weighted by Crippen LogP contribution is 2.14. The van der Waals surface area contributed by atoms with Gasteiger partial charge in [-0.2, -0.15) is 0 Å². The normalized spacial score (nSPS) is 10.4. The Morgan fingerprint density at radius 2 is 2.00 bits per heavy atom. The average molecular weight is 221 g/mol. The molecule has 1 heterocycles. The van der Waals surface area contributed by atoms with E-state index in [0.29, 0.717) is 0 Å². The second-order valence-corrected chi connectivity index (χ2v) is 3.97. The van der Waals surface area contributed by atoms with Crippen molar-refractivity contribution in [2.75, 3.05) is 26.0 Å². The van der Waals surface area contributed by atoms with Crippen LogP contribution < -0.4 is 10.6 Å². The summed E-state index contributed by atoms with van der Waals surface area (Å²) >= 11 is 0. The maximum absolute atomic E-state index is 4.63. The third-order valence-electron chi connectivity index (χ3n) is 2.76. The molecule has 0 fully saturated rings. The minimum atomic E-state index is 1.03. The molecule has 1 aromatic rings. The van der Waals surface area contributed by atoms with E-state index < -0.39 is 0 Å². The van der Waals surface area contributed by atoms with Crippen LogP contribution in [0.5, 0.6) is 0 Å². The molecule has 0 atom stereocenters. The number of hydrogen-bond acceptors (Lipinski definition) is 3. The van der Waals surface area contributed by atoms with Crippen molar-refractivity contribution in [1.29, 1.82) is 0 Å². The lowest BCUT2D eigenvalue weighted by Gasteiger charge is -2.08. The van der Waals surface area contributed by atoms with Gasteiger partial charge in [0, 0.05) is 12.7 Å². The van der Waals surface area contributed by atoms with Crippen LogP contribution in [-0.2, 0) is 12.8 Å². The molecule has 3 heteroatoms. The van der Waals surface area contributed by atoms with Gasteiger partial charge in [0.25, 0.3) is 0 Å². The predicted octanol–water partition coefficient (Wildman–Crippen LogP) is 2.23. The van der Waals surface area contributed by atoms with Crippen LogP contribution in [0.3, 0.4) is 0 Å². The molecule has 0 saturated heterocycles. The van der Waals surface area contributed by atoms with Crippen LogP contribution in [0.15, 0.2) is 12.1 Å². The van der Waals surface area contributed by atoms with Crippen LogP contribution in [0, 0.1) is 0 Å². The fourth-order valence-electron chi connectivity index (χ4n) is 1.78. The van der Waals surface area contributed by atoms with Crippen LogP contribution in [0.4, 0.5) is 5.82 Å². The first-order valence-electron chi connectivity index (χ1n) is 6.13. The van der Waals surface area contributed by atoms with Crippen molar-refractivity contribution in [3.63, 3.8) is 0 Å². The van der Waals surface area contributed by atoms with E-state index in [1.807, 2.05) is 14.1 Å². The Bertz CT molecular complexity index is 310. The third-order valence-corrected chi connectivity index (χ3v) is 2.76. The number of hydrogen-bond donors (Lipinski definition) is 2. The van der Waals surface area contributed by atoms with Crippen molar-refractivity contribution in [1.82, 2.24) is 10.3 Å². The Balaban J connectivity index is 2.54. The standard InChI is InChI=1S/C13H23N3/c1-4-11-8-9-12(16-13(11)15-3)7-5-6-10-14-2/h8-9,14H,4-7,10H2,1-3H3,(H,15,16). The second-order valence-electron chi connectivity index (χ2n) is 3.97. The van der Waals surface area contributed by atoms with Gasteiger partial charge in [-0.3, -0.25) is 0 Å². The molecule has 0 bridgehead atoms. The van der Waals surface area contributed by atoms with Crippen molar-refractivity contribution in [2.45, 2.75) is 32.6 Å². The van der Waals surface area contributed by atoms with Gasteiger partial charge in [0.05, 0.1) is 0 Å². The minimum absolute atomic E-state index is 1.03. The summed E-state index contributed by atoms with van der Waals surface area (Å²) in [5.74, 6) is 1.04. The largest absolute Gasteiger partial charge is 0.373 e. The summed E-state index contributed by atoms with van der Waals surface area (Å²) in [5, 5.41) is 6.33. The molecule has 0 unspecified atom stereocenters. The van der Waals surface area contributed by atoms with Crippen molar-refractivity contribution in [3.8, 4) is 0 Å². The minimum Gasteiger partial charge on any atom is -0.373 e. The van der Waals surface area contributed by atoms with Gasteiger partial charge in [0.2, 0.25) is 0 Å². The van der Waals surface area contributed by atoms with Gasteiger partial charge in [-0.1, -0.05) is 13.0 Å². The molecule has 0 radical (unpaired) electrons. The summed E-state index contributed by atoms with van der Waals surface area (Å²) in [6, 6.07) is 4.34. The SMILES string of the molecule is CCc1ccc(CCCCNC)nc1NC. The molecule has 3 nitrogen and oxygen atoms in total. The molecule has 90 valence electrons. The van der Waals surface area contributed by atoms with E-state index in [9.17, 15) is 0 Å². The second kappa shape index (κ2) is 7.23. The number of anilines is 1. The van der Waals surface area contributed by atoms with Gasteiger partial charge < -0.3 is 10.6 Å². The average Bonchev–Trinajstić information content (AvgIpc) is 2.34. The van der Waals surface area contributed by atoms with Gasteiger partial charge >= 0.3 is 0 Å². The van der Waals surface area contributed by atoms with Crippen molar-refractivity contribution < 1.29 is 0 Å². The van der Waals surface area contributed by atoms with Crippen LogP contribution in [0.2, 0.25) is 0 Å². The number of nitrogens with one attached hydrogen (secondary N) is 2. The fourth-order valence-corrected chi connectivity index (χ4v) is 1.78. The molecule has 0 spiro atoms. The Morgan fingerprint density at radius 3 is 2.62 bits per heavy atom. The summed E-state index contributed by atoms with van der Waals surface area (Å²) in [5.41, 5.74) is 2.49. The zero-order valence-electron chi connectivity index (χ0n) is 10.6. The zero-order chi connectivity index (χ0) is 11.8. The monoisotopic (exact) mass is 221 g/mol. The van der Waals surface area contributed by atoms with Gasteiger partial charge in [-0.25, -0.2) is 4.98 Å². The third kappa shape index (κ3) is 3.81. The van der Waals surface area contributed by atoms with E-state index in [1.165, 1.54) is 24.1 Å². The molecular weight excluding hydrogens is 198 g/mol. The number of aryl methyl sites for hydroxylation is 2. The number of nitrogens with zero attached hydrogens (tertiary/aromatic N) is 1. The Morgan fingerprint density at radius 1 is 1.19 bits per heavy atom. The summed E-state index contributed by atoms with van der Waals surface area (Å²) in [7, 11) is 3.93. The summed E-state index contributed by atoms with van der Waals surface area (Å²) < 4.78 is 0. The highest BCUT2D eigenvalue weighted by atomic mass is 15.0. The number of unbranched alkanes of at least 4 members (excludes halogenated alkanes) is 1. The lowest BCUT2D eigenvalue weighted by Crippen LogP contribution is -2.08. The molecule has 16 heavy (non-hydrogen) atoms. The maximum atomic E-state index is 4.63. The molecule has 0 aliphatic carbocycles. The highest BCUT2D eigenvalue weighted by Gasteiger charge is 2.02. The van der Waals surface area contributed by atoms with E-state index >= 15 is 0 Å². The van der Waals surface area contributed by atoms with E-state index in [2.05, 4.69) is 34.7 Å². The zero-order valence-corrected chi connectivity index (χ0v) is 10.6. The van der Waals surface area contributed by atoms with Gasteiger partial charge in [-0.15, -0.1) is 0 Å². The van der Waals surface area contributed by atoms with Crippen LogP contribution >= 0.6 is 0 Å². The topological polar surface area (TPSA) is 37.0 Å². The quantitative estimate of drug-likeness (QED) is 0.693. The first-order chi connectivity index (χ1) is 7.81. The maximum Gasteiger partial charge on any atom is 0.129 e. The fraction of sp³-hybridized carbons (Fsp3) is 0.615. The van der Waals surface area contributed by atoms with Gasteiger partial charge in [-0.05, 0) is 50.9 Å². The van der Waals surface area contributed by atoms with E-state index in [1.54, 1.807) is 0 Å². The Kier molecular flexibility index (Phi) is 5.86. The lowest BCUT2D eigenvalue weighted by molar-refractivity contribution is 0.671. The van der Waals surface area contributed by atoms with E-state index in [0.717, 1.165) is 25.2 Å². The highest BCUT2D eigenvalue weighted by molar-refractivity contribution is 5.44. The van der Waals surface area contributed by atoms with E-state index in [-0.39, 0.29) is 0 Å². The lowest BCUT2D eigenvalue weighted by atomic mass is 10.1. The summed E-state index contributed by atoms with van der Waals surface area (Å²) in [6.45, 7) is 3.25. The molecule has 0 aliphatic rings. The Hall–Kier alpha value is -1.09. The Labute approximate surface area is 98.7 Å². The van der Waals surface area contributed by atoms with Crippen LogP contribution in [-0.4, -0.2) is 25.6 Å². The molecule has 1 aromatic heterocycles. The van der Waals surface area contributed by atoms with Gasteiger partial charge in [0.15, 0.2) is 0 Å². The number of pyridine rings is 1. The molecule has 0 amide bonds. The number of rotatable bonds is 7. The first kappa shape index (κ1) is 13.0. The smallest absolute Gasteiger partial charge is 0.129 e. The van der Waals surface area contributed by atoms with Gasteiger partial charge in [0.1, 0.15) is 5.82 Å².